The maximum absolute atomic E-state index is 5.95. The molecule has 0 aliphatic carbocycles. The van der Waals surface area contributed by atoms with E-state index in [0.717, 1.165) is 0 Å². The largest absolute Gasteiger partial charge is 0.382 e. The molecule has 2 fully saturated rings. The SMILES string of the molecule is CC1(C)O[C@H]2[C@H](n3c(Br)nc4c(N)ncnc43)OC[C@H]2O1. The molecule has 0 aromatic carbocycles. The van der Waals surface area contributed by atoms with Gasteiger partial charge in [0, 0.05) is 0 Å². The van der Waals surface area contributed by atoms with Crippen LogP contribution in [-0.2, 0) is 14.2 Å². The Hall–Kier alpha value is -1.29. The Kier molecular flexibility index (Phi) is 2.77. The Bertz CT molecular complexity index is 718. The smallest absolute Gasteiger partial charge is 0.181 e. The Labute approximate surface area is 128 Å². The minimum atomic E-state index is -0.617. The van der Waals surface area contributed by atoms with E-state index in [0.29, 0.717) is 28.3 Å². The predicted octanol–water partition coefficient (Wildman–Crippen LogP) is 1.22. The third kappa shape index (κ3) is 1.95. The lowest BCUT2D eigenvalue weighted by Crippen LogP contribution is -2.28. The van der Waals surface area contributed by atoms with Gasteiger partial charge < -0.3 is 19.9 Å². The van der Waals surface area contributed by atoms with Crippen molar-refractivity contribution >= 4 is 32.9 Å². The first-order valence-corrected chi connectivity index (χ1v) is 7.37. The Morgan fingerprint density at radius 1 is 1.38 bits per heavy atom. The van der Waals surface area contributed by atoms with E-state index in [1.54, 1.807) is 0 Å². The van der Waals surface area contributed by atoms with Crippen LogP contribution in [0.15, 0.2) is 11.1 Å². The van der Waals surface area contributed by atoms with Crippen molar-refractivity contribution in [1.29, 1.82) is 0 Å². The van der Waals surface area contributed by atoms with E-state index in [4.69, 9.17) is 19.9 Å². The van der Waals surface area contributed by atoms with E-state index in [9.17, 15) is 0 Å². The second kappa shape index (κ2) is 4.35. The number of ether oxygens (including phenoxy) is 3. The van der Waals surface area contributed by atoms with E-state index in [1.165, 1.54) is 6.33 Å². The summed E-state index contributed by atoms with van der Waals surface area (Å²) >= 11 is 3.43. The van der Waals surface area contributed by atoms with Crippen LogP contribution in [0, 0.1) is 0 Å². The van der Waals surface area contributed by atoms with Crippen molar-refractivity contribution in [1.82, 2.24) is 19.5 Å². The first kappa shape index (κ1) is 13.4. The summed E-state index contributed by atoms with van der Waals surface area (Å²) in [5.74, 6) is -0.285. The second-order valence-corrected chi connectivity index (χ2v) is 6.25. The molecule has 0 radical (unpaired) electrons. The number of rotatable bonds is 1. The van der Waals surface area contributed by atoms with Gasteiger partial charge in [-0.2, -0.15) is 0 Å². The predicted molar refractivity (Wildman–Crippen MR) is 76.2 cm³/mol. The fourth-order valence-electron chi connectivity index (χ4n) is 2.87. The van der Waals surface area contributed by atoms with Crippen molar-refractivity contribution < 1.29 is 14.2 Å². The summed E-state index contributed by atoms with van der Waals surface area (Å²) in [7, 11) is 0. The standard InChI is InChI=1S/C12H14BrN5O3/c1-12(2)20-5-3-19-10(7(5)21-12)18-9-6(17-11(18)13)8(14)15-4-16-9/h4-5,7,10H,3H2,1-2H3,(H2,14,15,16)/t5-,7-,10-/m1/s1. The minimum absolute atomic E-state index is 0.103. The highest BCUT2D eigenvalue weighted by Gasteiger charge is 2.51. The molecule has 112 valence electrons. The van der Waals surface area contributed by atoms with Crippen LogP contribution in [0.25, 0.3) is 11.2 Å². The number of hydrogen-bond acceptors (Lipinski definition) is 7. The number of hydrogen-bond donors (Lipinski definition) is 1. The van der Waals surface area contributed by atoms with Crippen molar-refractivity contribution in [2.75, 3.05) is 12.3 Å². The molecule has 2 N–H and O–H groups in total. The van der Waals surface area contributed by atoms with Gasteiger partial charge in [-0.05, 0) is 29.8 Å². The highest BCUT2D eigenvalue weighted by atomic mass is 79.9. The quantitative estimate of drug-likeness (QED) is 0.768. The maximum Gasteiger partial charge on any atom is 0.181 e. The first-order chi connectivity index (χ1) is 9.96. The topological polar surface area (TPSA) is 97.3 Å². The van der Waals surface area contributed by atoms with E-state index in [1.807, 2.05) is 18.4 Å². The molecule has 4 heterocycles. The zero-order chi connectivity index (χ0) is 14.8. The van der Waals surface area contributed by atoms with Gasteiger partial charge in [-0.15, -0.1) is 0 Å². The van der Waals surface area contributed by atoms with Crippen molar-refractivity contribution in [3.63, 3.8) is 0 Å². The van der Waals surface area contributed by atoms with Gasteiger partial charge in [-0.3, -0.25) is 4.57 Å². The molecule has 2 aliphatic heterocycles. The number of nitrogens with two attached hydrogens (primary N) is 1. The van der Waals surface area contributed by atoms with E-state index >= 15 is 0 Å². The summed E-state index contributed by atoms with van der Waals surface area (Å²) < 4.78 is 20.0. The van der Waals surface area contributed by atoms with E-state index in [-0.39, 0.29) is 18.4 Å². The average Bonchev–Trinajstić information content (AvgIpc) is 3.00. The van der Waals surface area contributed by atoms with Crippen LogP contribution >= 0.6 is 15.9 Å². The number of aromatic nitrogens is 4. The highest BCUT2D eigenvalue weighted by Crippen LogP contribution is 2.41. The van der Waals surface area contributed by atoms with Crippen LogP contribution in [0.5, 0.6) is 0 Å². The van der Waals surface area contributed by atoms with Gasteiger partial charge in [0.25, 0.3) is 0 Å². The summed E-state index contributed by atoms with van der Waals surface area (Å²) in [6.07, 6.45) is 0.717. The second-order valence-electron chi connectivity index (χ2n) is 5.54. The molecule has 9 heteroatoms. The number of imidazole rings is 1. The number of fused-ring (bicyclic) bond motifs is 2. The van der Waals surface area contributed by atoms with Crippen molar-refractivity contribution in [2.24, 2.45) is 0 Å². The first-order valence-electron chi connectivity index (χ1n) is 6.57. The van der Waals surface area contributed by atoms with Gasteiger partial charge in [0.2, 0.25) is 0 Å². The molecule has 0 saturated carbocycles. The van der Waals surface area contributed by atoms with Gasteiger partial charge in [-0.25, -0.2) is 15.0 Å². The van der Waals surface area contributed by atoms with Crippen molar-refractivity contribution in [2.45, 2.75) is 38.1 Å². The normalized spacial score (nSPS) is 30.9. The third-order valence-electron chi connectivity index (χ3n) is 3.65. The van der Waals surface area contributed by atoms with Gasteiger partial charge in [-0.1, -0.05) is 0 Å². The van der Waals surface area contributed by atoms with Crippen LogP contribution in [0.4, 0.5) is 5.82 Å². The average molecular weight is 356 g/mol. The molecule has 2 aliphatic rings. The number of anilines is 1. The third-order valence-corrected chi connectivity index (χ3v) is 4.21. The van der Waals surface area contributed by atoms with Gasteiger partial charge in [0.1, 0.15) is 18.5 Å². The maximum atomic E-state index is 5.95. The monoisotopic (exact) mass is 355 g/mol. The lowest BCUT2D eigenvalue weighted by molar-refractivity contribution is -0.183. The highest BCUT2D eigenvalue weighted by molar-refractivity contribution is 9.10. The van der Waals surface area contributed by atoms with E-state index < -0.39 is 5.79 Å². The molecule has 0 spiro atoms. The van der Waals surface area contributed by atoms with Crippen LogP contribution in [-0.4, -0.2) is 44.1 Å². The lowest BCUT2D eigenvalue weighted by Gasteiger charge is -2.23. The Morgan fingerprint density at radius 3 is 3.00 bits per heavy atom. The molecule has 0 bridgehead atoms. The van der Waals surface area contributed by atoms with Gasteiger partial charge >= 0.3 is 0 Å². The number of nitrogens with zero attached hydrogens (tertiary/aromatic N) is 4. The van der Waals surface area contributed by atoms with Crippen molar-refractivity contribution in [3.05, 3.63) is 11.1 Å². The van der Waals surface area contributed by atoms with Crippen LogP contribution in [0.2, 0.25) is 0 Å². The summed E-state index contributed by atoms with van der Waals surface area (Å²) in [6.45, 7) is 4.25. The van der Waals surface area contributed by atoms with Crippen molar-refractivity contribution in [3.8, 4) is 0 Å². The summed E-state index contributed by atoms with van der Waals surface area (Å²) in [6, 6.07) is 0. The lowest BCUT2D eigenvalue weighted by atomic mass is 10.2. The molecule has 8 nitrogen and oxygen atoms in total. The zero-order valence-electron chi connectivity index (χ0n) is 11.5. The van der Waals surface area contributed by atoms with Gasteiger partial charge in [0.15, 0.2) is 33.7 Å². The molecule has 0 amide bonds. The minimum Gasteiger partial charge on any atom is -0.382 e. The van der Waals surface area contributed by atoms with Crippen LogP contribution < -0.4 is 5.73 Å². The van der Waals surface area contributed by atoms with Crippen LogP contribution in [0.1, 0.15) is 20.1 Å². The molecular formula is C12H14BrN5O3. The Morgan fingerprint density at radius 2 is 2.19 bits per heavy atom. The summed E-state index contributed by atoms with van der Waals surface area (Å²) in [5.41, 5.74) is 6.98. The number of halogens is 1. The molecule has 2 saturated heterocycles. The fraction of sp³-hybridized carbons (Fsp3) is 0.583. The van der Waals surface area contributed by atoms with E-state index in [2.05, 4.69) is 30.9 Å². The molecule has 4 rings (SSSR count). The molecule has 21 heavy (non-hydrogen) atoms. The molecular weight excluding hydrogens is 342 g/mol. The summed E-state index contributed by atoms with van der Waals surface area (Å²) in [4.78, 5) is 12.6. The number of nitrogen functional groups attached to an aromatic ring is 1. The Balaban J connectivity index is 1.81. The summed E-state index contributed by atoms with van der Waals surface area (Å²) in [5, 5.41) is 0. The van der Waals surface area contributed by atoms with Crippen LogP contribution in [0.3, 0.4) is 0 Å². The van der Waals surface area contributed by atoms with Gasteiger partial charge in [0.05, 0.1) is 6.61 Å². The molecule has 0 unspecified atom stereocenters. The molecule has 2 aromatic heterocycles. The molecule has 3 atom stereocenters. The zero-order valence-corrected chi connectivity index (χ0v) is 13.1. The molecule has 2 aromatic rings. The fourth-order valence-corrected chi connectivity index (χ4v) is 3.42.